The largest absolute Gasteiger partial charge is 0.444 e. The molecule has 0 saturated carbocycles. The van der Waals surface area contributed by atoms with Gasteiger partial charge in [-0.25, -0.2) is 4.79 Å². The Balaban J connectivity index is 1.92. The van der Waals surface area contributed by atoms with Gasteiger partial charge in [-0.1, -0.05) is 35.5 Å². The molecular formula is C19H27N3O3. The van der Waals surface area contributed by atoms with Crippen molar-refractivity contribution in [1.82, 2.24) is 15.8 Å². The van der Waals surface area contributed by atoms with Gasteiger partial charge in [0, 0.05) is 18.7 Å². The molecule has 6 nitrogen and oxygen atoms in total. The van der Waals surface area contributed by atoms with E-state index in [0.717, 1.165) is 17.9 Å². The number of aryl methyl sites for hydroxylation is 1. The highest BCUT2D eigenvalue weighted by Gasteiger charge is 2.18. The van der Waals surface area contributed by atoms with Gasteiger partial charge in [0.15, 0.2) is 5.76 Å². The molecule has 2 aromatic rings. The second-order valence-electron chi connectivity index (χ2n) is 7.08. The first-order valence-electron chi connectivity index (χ1n) is 8.48. The third kappa shape index (κ3) is 7.39. The molecule has 25 heavy (non-hydrogen) atoms. The molecule has 0 bridgehead atoms. The van der Waals surface area contributed by atoms with Crippen LogP contribution in [0.15, 0.2) is 40.9 Å². The van der Waals surface area contributed by atoms with E-state index in [9.17, 15) is 4.79 Å². The van der Waals surface area contributed by atoms with Crippen LogP contribution in [0.1, 0.15) is 37.8 Å². The van der Waals surface area contributed by atoms with E-state index in [1.54, 1.807) is 0 Å². The molecule has 6 heteroatoms. The molecule has 1 unspecified atom stereocenters. The average molecular weight is 345 g/mol. The Labute approximate surface area is 148 Å². The molecule has 1 atom stereocenters. The van der Waals surface area contributed by atoms with E-state index < -0.39 is 11.7 Å². The summed E-state index contributed by atoms with van der Waals surface area (Å²) in [4.78, 5) is 11.9. The Bertz CT molecular complexity index is 662. The molecule has 0 aliphatic heterocycles. The highest BCUT2D eigenvalue weighted by Crippen LogP contribution is 2.08. The van der Waals surface area contributed by atoms with Gasteiger partial charge in [0.25, 0.3) is 0 Å². The normalized spacial score (nSPS) is 12.6. The fourth-order valence-corrected chi connectivity index (χ4v) is 2.38. The molecule has 136 valence electrons. The number of hydrogen-bond donors (Lipinski definition) is 2. The standard InChI is InChI=1S/C19H27N3O3/c1-14-10-17(25-22-14)13-20-16(11-15-8-6-5-7-9-15)12-21-18(23)24-19(2,3)4/h5-10,16,20H,11-13H2,1-4H3,(H,21,23). The van der Waals surface area contributed by atoms with Gasteiger partial charge in [0.05, 0.1) is 12.2 Å². The van der Waals surface area contributed by atoms with Crippen molar-refractivity contribution in [1.29, 1.82) is 0 Å². The lowest BCUT2D eigenvalue weighted by Gasteiger charge is -2.22. The number of aromatic nitrogens is 1. The molecule has 0 saturated heterocycles. The van der Waals surface area contributed by atoms with Crippen LogP contribution in [0.2, 0.25) is 0 Å². The van der Waals surface area contributed by atoms with Crippen LogP contribution < -0.4 is 10.6 Å². The number of rotatable bonds is 7. The van der Waals surface area contributed by atoms with Crippen LogP contribution in [-0.4, -0.2) is 29.4 Å². The van der Waals surface area contributed by atoms with E-state index in [4.69, 9.17) is 9.26 Å². The molecule has 0 fully saturated rings. The Morgan fingerprint density at radius 3 is 2.60 bits per heavy atom. The van der Waals surface area contributed by atoms with Gasteiger partial charge in [-0.15, -0.1) is 0 Å². The summed E-state index contributed by atoms with van der Waals surface area (Å²) in [5.74, 6) is 0.771. The van der Waals surface area contributed by atoms with E-state index in [-0.39, 0.29) is 6.04 Å². The molecule has 1 aromatic heterocycles. The first kappa shape index (κ1) is 19.0. The molecule has 2 rings (SSSR count). The molecule has 0 radical (unpaired) electrons. The molecule has 1 heterocycles. The lowest BCUT2D eigenvalue weighted by atomic mass is 10.1. The van der Waals surface area contributed by atoms with Gasteiger partial charge in [-0.05, 0) is 39.7 Å². The van der Waals surface area contributed by atoms with Gasteiger partial charge in [-0.3, -0.25) is 0 Å². The van der Waals surface area contributed by atoms with Gasteiger partial charge in [-0.2, -0.15) is 0 Å². The van der Waals surface area contributed by atoms with Crippen molar-refractivity contribution < 1.29 is 14.1 Å². The maximum Gasteiger partial charge on any atom is 0.407 e. The first-order valence-corrected chi connectivity index (χ1v) is 8.48. The summed E-state index contributed by atoms with van der Waals surface area (Å²) in [5.41, 5.74) is 1.53. The molecular weight excluding hydrogens is 318 g/mol. The summed E-state index contributed by atoms with van der Waals surface area (Å²) in [6.45, 7) is 8.43. The predicted molar refractivity (Wildman–Crippen MR) is 96.3 cm³/mol. The second-order valence-corrected chi connectivity index (χ2v) is 7.08. The second kappa shape index (κ2) is 8.67. The monoisotopic (exact) mass is 345 g/mol. The quantitative estimate of drug-likeness (QED) is 0.806. The summed E-state index contributed by atoms with van der Waals surface area (Å²) in [7, 11) is 0. The number of carbonyl (C=O) groups excluding carboxylic acids is 1. The smallest absolute Gasteiger partial charge is 0.407 e. The minimum Gasteiger partial charge on any atom is -0.444 e. The molecule has 0 spiro atoms. The molecule has 2 N–H and O–H groups in total. The van der Waals surface area contributed by atoms with E-state index >= 15 is 0 Å². The number of hydrogen-bond acceptors (Lipinski definition) is 5. The lowest BCUT2D eigenvalue weighted by molar-refractivity contribution is 0.0522. The van der Waals surface area contributed by atoms with Crippen LogP contribution in [0, 0.1) is 6.92 Å². The van der Waals surface area contributed by atoms with Crippen LogP contribution in [-0.2, 0) is 17.7 Å². The summed E-state index contributed by atoms with van der Waals surface area (Å²) in [5, 5.41) is 10.1. The van der Waals surface area contributed by atoms with Gasteiger partial charge in [0.2, 0.25) is 0 Å². The fraction of sp³-hybridized carbons (Fsp3) is 0.474. The fourth-order valence-electron chi connectivity index (χ4n) is 2.38. The lowest BCUT2D eigenvalue weighted by Crippen LogP contribution is -2.43. The number of benzene rings is 1. The topological polar surface area (TPSA) is 76.4 Å². The minimum atomic E-state index is -0.510. The minimum absolute atomic E-state index is 0.0420. The zero-order valence-corrected chi connectivity index (χ0v) is 15.3. The Kier molecular flexibility index (Phi) is 6.58. The summed E-state index contributed by atoms with van der Waals surface area (Å²) in [6.07, 6.45) is 0.367. The van der Waals surface area contributed by atoms with Crippen molar-refractivity contribution in [3.8, 4) is 0 Å². The molecule has 0 aliphatic carbocycles. The average Bonchev–Trinajstić information content (AvgIpc) is 2.95. The highest BCUT2D eigenvalue weighted by molar-refractivity contribution is 5.67. The Hall–Kier alpha value is -2.34. The number of ether oxygens (including phenoxy) is 1. The maximum absolute atomic E-state index is 11.9. The summed E-state index contributed by atoms with van der Waals surface area (Å²) < 4.78 is 10.5. The predicted octanol–water partition coefficient (Wildman–Crippen LogP) is 3.21. The van der Waals surface area contributed by atoms with E-state index in [2.05, 4.69) is 27.9 Å². The highest BCUT2D eigenvalue weighted by atomic mass is 16.6. The summed E-state index contributed by atoms with van der Waals surface area (Å²) >= 11 is 0. The third-order valence-corrected chi connectivity index (χ3v) is 3.46. The number of alkyl carbamates (subject to hydrolysis) is 1. The Morgan fingerprint density at radius 1 is 1.28 bits per heavy atom. The van der Waals surface area contributed by atoms with Gasteiger partial charge in [0.1, 0.15) is 5.60 Å². The zero-order chi connectivity index (χ0) is 18.3. The van der Waals surface area contributed by atoms with Crippen LogP contribution in [0.4, 0.5) is 4.79 Å². The van der Waals surface area contributed by atoms with Crippen LogP contribution in [0.5, 0.6) is 0 Å². The van der Waals surface area contributed by atoms with Crippen molar-refractivity contribution in [3.63, 3.8) is 0 Å². The first-order chi connectivity index (χ1) is 11.8. The van der Waals surface area contributed by atoms with Gasteiger partial charge >= 0.3 is 6.09 Å². The third-order valence-electron chi connectivity index (χ3n) is 3.46. The zero-order valence-electron chi connectivity index (χ0n) is 15.3. The van der Waals surface area contributed by atoms with Crippen molar-refractivity contribution in [2.75, 3.05) is 6.54 Å². The Morgan fingerprint density at radius 2 is 2.00 bits per heavy atom. The van der Waals surface area contributed by atoms with Crippen molar-refractivity contribution in [3.05, 3.63) is 53.4 Å². The number of amides is 1. The molecule has 0 aliphatic rings. The van der Waals surface area contributed by atoms with Crippen LogP contribution >= 0.6 is 0 Å². The van der Waals surface area contributed by atoms with Crippen molar-refractivity contribution in [2.24, 2.45) is 0 Å². The van der Waals surface area contributed by atoms with Crippen LogP contribution in [0.3, 0.4) is 0 Å². The number of carbonyl (C=O) groups is 1. The number of nitrogens with zero attached hydrogens (tertiary/aromatic N) is 1. The van der Waals surface area contributed by atoms with E-state index in [1.165, 1.54) is 5.56 Å². The summed E-state index contributed by atoms with van der Waals surface area (Å²) in [6, 6.07) is 12.1. The number of nitrogens with one attached hydrogen (secondary N) is 2. The van der Waals surface area contributed by atoms with Gasteiger partial charge < -0.3 is 19.9 Å². The van der Waals surface area contributed by atoms with Crippen LogP contribution in [0.25, 0.3) is 0 Å². The van der Waals surface area contributed by atoms with Crippen molar-refractivity contribution in [2.45, 2.75) is 52.3 Å². The van der Waals surface area contributed by atoms with E-state index in [0.29, 0.717) is 13.1 Å². The molecule has 1 amide bonds. The van der Waals surface area contributed by atoms with Crippen molar-refractivity contribution >= 4 is 6.09 Å². The maximum atomic E-state index is 11.9. The van der Waals surface area contributed by atoms with E-state index in [1.807, 2.05) is 52.0 Å². The molecule has 1 aromatic carbocycles. The SMILES string of the molecule is Cc1cc(CNC(CNC(=O)OC(C)(C)C)Cc2ccccc2)on1.